The average Bonchev–Trinajstić information content (AvgIpc) is 2.71. The topological polar surface area (TPSA) is 65.0 Å². The summed E-state index contributed by atoms with van der Waals surface area (Å²) in [5.74, 6) is 0.451. The Morgan fingerprint density at radius 2 is 1.41 bits per heavy atom. The SMILES string of the molecule is COC(=O)c1cc(O)c2cc(OC)c(OC)cc2c1-c1ccc(C(C)(C)C)cc1. The quantitative estimate of drug-likeness (QED) is 0.607. The van der Waals surface area contributed by atoms with E-state index in [1.165, 1.54) is 25.8 Å². The first-order valence-electron chi connectivity index (χ1n) is 9.32. The Morgan fingerprint density at radius 3 is 1.90 bits per heavy atom. The van der Waals surface area contributed by atoms with Gasteiger partial charge in [0.1, 0.15) is 5.75 Å². The molecule has 0 aliphatic heterocycles. The third kappa shape index (κ3) is 3.73. The number of esters is 1. The standard InChI is InChI=1S/C24H26O5/c1-24(2,3)15-9-7-14(8-10-15)22-17-13-21(28-5)20(27-4)12-16(17)19(25)11-18(22)23(26)29-6/h7-13,25H,1-6H3. The van der Waals surface area contributed by atoms with E-state index >= 15 is 0 Å². The highest BCUT2D eigenvalue weighted by molar-refractivity contribution is 6.11. The third-order valence-electron chi connectivity index (χ3n) is 5.06. The van der Waals surface area contributed by atoms with Crippen LogP contribution in [-0.4, -0.2) is 32.4 Å². The van der Waals surface area contributed by atoms with Gasteiger partial charge in [0.15, 0.2) is 11.5 Å². The van der Waals surface area contributed by atoms with Crippen molar-refractivity contribution in [3.63, 3.8) is 0 Å². The van der Waals surface area contributed by atoms with Gasteiger partial charge in [0.2, 0.25) is 0 Å². The van der Waals surface area contributed by atoms with Gasteiger partial charge in [-0.2, -0.15) is 0 Å². The van der Waals surface area contributed by atoms with E-state index in [1.807, 2.05) is 12.1 Å². The van der Waals surface area contributed by atoms with Crippen molar-refractivity contribution in [2.75, 3.05) is 21.3 Å². The smallest absolute Gasteiger partial charge is 0.338 e. The van der Waals surface area contributed by atoms with Crippen LogP contribution in [0, 0.1) is 0 Å². The Labute approximate surface area is 170 Å². The Kier molecular flexibility index (Phi) is 5.42. The molecule has 0 radical (unpaired) electrons. The van der Waals surface area contributed by atoms with E-state index in [9.17, 15) is 9.90 Å². The van der Waals surface area contributed by atoms with Crippen LogP contribution in [0.25, 0.3) is 21.9 Å². The van der Waals surface area contributed by atoms with Gasteiger partial charge in [0.05, 0.1) is 26.9 Å². The number of phenols is 1. The minimum absolute atomic E-state index is 0.0112. The molecule has 0 amide bonds. The molecule has 29 heavy (non-hydrogen) atoms. The molecular weight excluding hydrogens is 368 g/mol. The van der Waals surface area contributed by atoms with Crippen molar-refractivity contribution < 1.29 is 24.1 Å². The van der Waals surface area contributed by atoms with Crippen LogP contribution in [0.3, 0.4) is 0 Å². The maximum Gasteiger partial charge on any atom is 0.338 e. The molecule has 0 aromatic heterocycles. The lowest BCUT2D eigenvalue weighted by atomic mass is 9.85. The lowest BCUT2D eigenvalue weighted by Crippen LogP contribution is -2.10. The molecule has 0 atom stereocenters. The number of aromatic hydroxyl groups is 1. The van der Waals surface area contributed by atoms with Crippen LogP contribution >= 0.6 is 0 Å². The fraction of sp³-hybridized carbons (Fsp3) is 0.292. The highest BCUT2D eigenvalue weighted by Gasteiger charge is 2.22. The second-order valence-electron chi connectivity index (χ2n) is 7.89. The fourth-order valence-corrected chi connectivity index (χ4v) is 3.45. The number of ether oxygens (including phenoxy) is 3. The van der Waals surface area contributed by atoms with Crippen molar-refractivity contribution in [2.24, 2.45) is 0 Å². The zero-order valence-corrected chi connectivity index (χ0v) is 17.6. The molecule has 3 aromatic carbocycles. The van der Waals surface area contributed by atoms with Crippen LogP contribution in [0.4, 0.5) is 0 Å². The minimum Gasteiger partial charge on any atom is -0.507 e. The summed E-state index contributed by atoms with van der Waals surface area (Å²) in [7, 11) is 4.41. The average molecular weight is 394 g/mol. The maximum atomic E-state index is 12.5. The van der Waals surface area contributed by atoms with Gasteiger partial charge in [-0.05, 0) is 40.1 Å². The molecule has 0 fully saturated rings. The minimum atomic E-state index is -0.521. The zero-order valence-electron chi connectivity index (χ0n) is 17.6. The van der Waals surface area contributed by atoms with Gasteiger partial charge in [-0.15, -0.1) is 0 Å². The summed E-state index contributed by atoms with van der Waals surface area (Å²) in [6.07, 6.45) is 0. The Morgan fingerprint density at radius 1 is 0.862 bits per heavy atom. The van der Waals surface area contributed by atoms with Gasteiger partial charge in [0.25, 0.3) is 0 Å². The van der Waals surface area contributed by atoms with E-state index in [4.69, 9.17) is 14.2 Å². The van der Waals surface area contributed by atoms with Crippen LogP contribution in [0.5, 0.6) is 17.2 Å². The van der Waals surface area contributed by atoms with Gasteiger partial charge in [-0.1, -0.05) is 45.0 Å². The molecule has 0 unspecified atom stereocenters. The van der Waals surface area contributed by atoms with Crippen LogP contribution < -0.4 is 9.47 Å². The number of carbonyl (C=O) groups is 1. The predicted molar refractivity (Wildman–Crippen MR) is 114 cm³/mol. The van der Waals surface area contributed by atoms with Crippen LogP contribution in [0.1, 0.15) is 36.7 Å². The normalized spacial score (nSPS) is 11.4. The second-order valence-corrected chi connectivity index (χ2v) is 7.89. The number of hydrogen-bond donors (Lipinski definition) is 1. The molecule has 0 bridgehead atoms. The van der Waals surface area contributed by atoms with Crippen LogP contribution in [0.2, 0.25) is 0 Å². The van der Waals surface area contributed by atoms with Gasteiger partial charge < -0.3 is 19.3 Å². The Bertz CT molecular complexity index is 1060. The van der Waals surface area contributed by atoms with E-state index in [0.29, 0.717) is 27.8 Å². The van der Waals surface area contributed by atoms with Crippen molar-refractivity contribution in [3.8, 4) is 28.4 Å². The summed E-state index contributed by atoms with van der Waals surface area (Å²) in [5.41, 5.74) is 3.00. The largest absolute Gasteiger partial charge is 0.507 e. The Balaban J connectivity index is 2.38. The lowest BCUT2D eigenvalue weighted by molar-refractivity contribution is 0.0601. The summed E-state index contributed by atoms with van der Waals surface area (Å²) in [5, 5.41) is 11.8. The predicted octanol–water partition coefficient (Wildman–Crippen LogP) is 5.31. The summed E-state index contributed by atoms with van der Waals surface area (Å²) in [4.78, 5) is 12.5. The van der Waals surface area contributed by atoms with Crippen LogP contribution in [0.15, 0.2) is 42.5 Å². The van der Waals surface area contributed by atoms with E-state index in [2.05, 4.69) is 32.9 Å². The number of methoxy groups -OCH3 is 3. The maximum absolute atomic E-state index is 12.5. The molecule has 1 N–H and O–H groups in total. The van der Waals surface area contributed by atoms with Gasteiger partial charge in [-0.3, -0.25) is 0 Å². The fourth-order valence-electron chi connectivity index (χ4n) is 3.45. The van der Waals surface area contributed by atoms with Crippen molar-refractivity contribution in [3.05, 3.63) is 53.6 Å². The second kappa shape index (κ2) is 7.66. The zero-order chi connectivity index (χ0) is 21.3. The van der Waals surface area contributed by atoms with Crippen molar-refractivity contribution in [1.29, 1.82) is 0 Å². The molecule has 3 rings (SSSR count). The van der Waals surface area contributed by atoms with Gasteiger partial charge in [0, 0.05) is 10.9 Å². The van der Waals surface area contributed by atoms with E-state index in [0.717, 1.165) is 5.56 Å². The van der Waals surface area contributed by atoms with Gasteiger partial charge in [-0.25, -0.2) is 4.79 Å². The van der Waals surface area contributed by atoms with E-state index in [1.54, 1.807) is 19.2 Å². The molecule has 3 aromatic rings. The number of fused-ring (bicyclic) bond motifs is 1. The monoisotopic (exact) mass is 394 g/mol. The highest BCUT2D eigenvalue weighted by atomic mass is 16.5. The number of hydrogen-bond acceptors (Lipinski definition) is 5. The first kappa shape index (κ1) is 20.5. The molecule has 0 saturated carbocycles. The third-order valence-corrected chi connectivity index (χ3v) is 5.06. The van der Waals surface area contributed by atoms with Gasteiger partial charge >= 0.3 is 5.97 Å². The molecule has 0 aliphatic carbocycles. The molecule has 0 spiro atoms. The molecule has 0 heterocycles. The van der Waals surface area contributed by atoms with Crippen molar-refractivity contribution in [2.45, 2.75) is 26.2 Å². The van der Waals surface area contributed by atoms with E-state index in [-0.39, 0.29) is 16.7 Å². The summed E-state index contributed by atoms with van der Waals surface area (Å²) < 4.78 is 15.8. The number of benzene rings is 3. The lowest BCUT2D eigenvalue weighted by Gasteiger charge is -2.20. The first-order chi connectivity index (χ1) is 13.7. The molecule has 0 saturated heterocycles. The number of phenolic OH excluding ortho intramolecular Hbond substituents is 1. The number of rotatable bonds is 4. The summed E-state index contributed by atoms with van der Waals surface area (Å²) in [6, 6.07) is 13.0. The van der Waals surface area contributed by atoms with Crippen molar-refractivity contribution >= 4 is 16.7 Å². The Hall–Kier alpha value is -3.21. The van der Waals surface area contributed by atoms with Crippen molar-refractivity contribution in [1.82, 2.24) is 0 Å². The summed E-state index contributed by atoms with van der Waals surface area (Å²) >= 11 is 0. The number of carbonyl (C=O) groups excluding carboxylic acids is 1. The van der Waals surface area contributed by atoms with Crippen LogP contribution in [-0.2, 0) is 10.2 Å². The summed E-state index contributed by atoms with van der Waals surface area (Å²) in [6.45, 7) is 6.44. The molecule has 5 nitrogen and oxygen atoms in total. The molecule has 152 valence electrons. The first-order valence-corrected chi connectivity index (χ1v) is 9.32. The molecule has 0 aliphatic rings. The van der Waals surface area contributed by atoms with E-state index < -0.39 is 5.97 Å². The molecular formula is C24H26O5. The molecule has 5 heteroatoms. The highest BCUT2D eigenvalue weighted by Crippen LogP contribution is 2.43.